The van der Waals surface area contributed by atoms with Gasteiger partial charge in [0.25, 0.3) is 5.91 Å². The molecule has 0 unspecified atom stereocenters. The molecule has 172 valence electrons. The van der Waals surface area contributed by atoms with Gasteiger partial charge in [-0.25, -0.2) is 4.79 Å². The number of carbonyl (C=O) groups excluding carboxylic acids is 4. The summed E-state index contributed by atoms with van der Waals surface area (Å²) in [7, 11) is 0. The van der Waals surface area contributed by atoms with Gasteiger partial charge in [-0.05, 0) is 30.5 Å². The minimum atomic E-state index is -0.758. The minimum Gasteiger partial charge on any atom is -0.341 e. The van der Waals surface area contributed by atoms with Crippen molar-refractivity contribution in [2.45, 2.75) is 50.5 Å². The molecular formula is C23H30N4O4S. The van der Waals surface area contributed by atoms with Gasteiger partial charge >= 0.3 is 6.03 Å². The summed E-state index contributed by atoms with van der Waals surface area (Å²) >= 11 is 1.87. The Kier molecular flexibility index (Phi) is 7.03. The molecule has 1 aliphatic carbocycles. The van der Waals surface area contributed by atoms with E-state index in [0.717, 1.165) is 49.4 Å². The first-order chi connectivity index (χ1) is 15.5. The van der Waals surface area contributed by atoms with Crippen LogP contribution in [-0.4, -0.2) is 70.2 Å². The van der Waals surface area contributed by atoms with Crippen molar-refractivity contribution in [2.24, 2.45) is 0 Å². The van der Waals surface area contributed by atoms with E-state index in [4.69, 9.17) is 0 Å². The Morgan fingerprint density at radius 2 is 1.72 bits per heavy atom. The maximum Gasteiger partial charge on any atom is 0.325 e. The first kappa shape index (κ1) is 22.6. The molecule has 2 aliphatic heterocycles. The smallest absolute Gasteiger partial charge is 0.325 e. The van der Waals surface area contributed by atoms with Gasteiger partial charge in [0.1, 0.15) is 5.54 Å². The highest BCUT2D eigenvalue weighted by molar-refractivity contribution is 7.99. The lowest BCUT2D eigenvalue weighted by Gasteiger charge is -2.30. The van der Waals surface area contributed by atoms with Crippen molar-refractivity contribution < 1.29 is 19.2 Å². The normalized spacial score (nSPS) is 20.4. The summed E-state index contributed by atoms with van der Waals surface area (Å²) in [4.78, 5) is 52.9. The van der Waals surface area contributed by atoms with Gasteiger partial charge < -0.3 is 15.5 Å². The van der Waals surface area contributed by atoms with Crippen LogP contribution < -0.4 is 10.6 Å². The highest BCUT2D eigenvalue weighted by Crippen LogP contribution is 2.33. The van der Waals surface area contributed by atoms with Crippen LogP contribution in [0.3, 0.4) is 0 Å². The Morgan fingerprint density at radius 3 is 2.41 bits per heavy atom. The average molecular weight is 459 g/mol. The van der Waals surface area contributed by atoms with E-state index in [0.29, 0.717) is 24.9 Å². The molecule has 2 saturated heterocycles. The summed E-state index contributed by atoms with van der Waals surface area (Å²) in [6.45, 7) is 1.67. The van der Waals surface area contributed by atoms with Gasteiger partial charge in [0, 0.05) is 43.2 Å². The molecule has 0 atom stereocenters. The third-order valence-corrected chi connectivity index (χ3v) is 7.41. The number of benzene rings is 1. The molecule has 2 N–H and O–H groups in total. The van der Waals surface area contributed by atoms with Crippen molar-refractivity contribution in [2.75, 3.05) is 36.5 Å². The summed E-state index contributed by atoms with van der Waals surface area (Å²) in [6.07, 6.45) is 4.68. The van der Waals surface area contributed by atoms with E-state index in [9.17, 15) is 19.2 Å². The summed E-state index contributed by atoms with van der Waals surface area (Å²) in [5.74, 6) is 1.65. The minimum absolute atomic E-state index is 0.0441. The molecule has 1 aromatic rings. The summed E-state index contributed by atoms with van der Waals surface area (Å²) < 4.78 is 0. The predicted octanol–water partition coefficient (Wildman–Crippen LogP) is 2.39. The second kappa shape index (κ2) is 9.94. The molecule has 9 heteroatoms. The Hall–Kier alpha value is -2.55. The standard InChI is InChI=1S/C23H30N4O4S/c28-19(8-11-27-21(30)23(25-22(27)31)9-2-1-3-10-23)24-18-6-4-17(5-7-18)16-20(29)26-12-14-32-15-13-26/h4-7H,1-3,8-16H2,(H,24,28)(H,25,31). The quantitative estimate of drug-likeness (QED) is 0.638. The van der Waals surface area contributed by atoms with Crippen LogP contribution in [0.2, 0.25) is 0 Å². The van der Waals surface area contributed by atoms with Crippen molar-refractivity contribution in [1.82, 2.24) is 15.1 Å². The molecule has 8 nitrogen and oxygen atoms in total. The molecule has 1 aromatic carbocycles. The lowest BCUT2D eigenvalue weighted by Crippen LogP contribution is -2.48. The summed E-state index contributed by atoms with van der Waals surface area (Å²) in [5.41, 5.74) is 0.774. The second-order valence-electron chi connectivity index (χ2n) is 8.69. The molecule has 0 aromatic heterocycles. The molecule has 0 radical (unpaired) electrons. The van der Waals surface area contributed by atoms with E-state index in [1.165, 1.54) is 4.90 Å². The Bertz CT molecular complexity index is 876. The van der Waals surface area contributed by atoms with Crippen molar-refractivity contribution in [3.05, 3.63) is 29.8 Å². The van der Waals surface area contributed by atoms with Gasteiger partial charge in [0.2, 0.25) is 11.8 Å². The largest absolute Gasteiger partial charge is 0.341 e. The van der Waals surface area contributed by atoms with E-state index in [2.05, 4.69) is 10.6 Å². The Labute approximate surface area is 192 Å². The Balaban J connectivity index is 1.25. The SMILES string of the molecule is O=C(CCN1C(=O)NC2(CCCCC2)C1=O)Nc1ccc(CC(=O)N2CCSCC2)cc1. The maximum absolute atomic E-state index is 12.8. The molecule has 3 aliphatic rings. The number of nitrogens with one attached hydrogen (secondary N) is 2. The number of amides is 5. The van der Waals surface area contributed by atoms with Gasteiger partial charge in [-0.15, -0.1) is 0 Å². The summed E-state index contributed by atoms with van der Waals surface area (Å²) in [6, 6.07) is 6.84. The third-order valence-electron chi connectivity index (χ3n) is 6.47. The van der Waals surface area contributed by atoms with E-state index in [1.807, 2.05) is 28.8 Å². The number of carbonyl (C=O) groups is 4. The predicted molar refractivity (Wildman–Crippen MR) is 123 cm³/mol. The first-order valence-corrected chi connectivity index (χ1v) is 12.5. The maximum atomic E-state index is 12.8. The molecule has 32 heavy (non-hydrogen) atoms. The number of thioether (sulfide) groups is 1. The van der Waals surface area contributed by atoms with Crippen LogP contribution in [-0.2, 0) is 20.8 Å². The number of hydrogen-bond acceptors (Lipinski definition) is 5. The number of nitrogens with zero attached hydrogens (tertiary/aromatic N) is 2. The third kappa shape index (κ3) is 5.09. The topological polar surface area (TPSA) is 98.8 Å². The van der Waals surface area contributed by atoms with Gasteiger partial charge in [-0.3, -0.25) is 19.3 Å². The average Bonchev–Trinajstić information content (AvgIpc) is 3.03. The van der Waals surface area contributed by atoms with Crippen LogP contribution in [0.25, 0.3) is 0 Å². The molecule has 4 rings (SSSR count). The molecule has 1 saturated carbocycles. The first-order valence-electron chi connectivity index (χ1n) is 11.4. The van der Waals surface area contributed by atoms with E-state index < -0.39 is 11.6 Å². The monoisotopic (exact) mass is 458 g/mol. The van der Waals surface area contributed by atoms with Crippen molar-refractivity contribution in [3.63, 3.8) is 0 Å². The zero-order valence-corrected chi connectivity index (χ0v) is 19.0. The Morgan fingerprint density at radius 1 is 1.03 bits per heavy atom. The fourth-order valence-electron chi connectivity index (χ4n) is 4.62. The van der Waals surface area contributed by atoms with Gasteiger partial charge in [0.15, 0.2) is 0 Å². The number of rotatable bonds is 6. The molecule has 2 heterocycles. The fourth-order valence-corrected chi connectivity index (χ4v) is 5.52. The number of imide groups is 1. The van der Waals surface area contributed by atoms with Crippen LogP contribution in [0.5, 0.6) is 0 Å². The zero-order chi connectivity index (χ0) is 22.6. The van der Waals surface area contributed by atoms with Gasteiger partial charge in [-0.2, -0.15) is 11.8 Å². The van der Waals surface area contributed by atoms with Crippen LogP contribution >= 0.6 is 11.8 Å². The van der Waals surface area contributed by atoms with E-state index in [1.54, 1.807) is 12.1 Å². The lowest BCUT2D eigenvalue weighted by molar-refractivity contribution is -0.132. The number of hydrogen-bond donors (Lipinski definition) is 2. The fraction of sp³-hybridized carbons (Fsp3) is 0.565. The van der Waals surface area contributed by atoms with Crippen molar-refractivity contribution in [3.8, 4) is 0 Å². The van der Waals surface area contributed by atoms with E-state index >= 15 is 0 Å². The second-order valence-corrected chi connectivity index (χ2v) is 9.92. The van der Waals surface area contributed by atoms with Crippen LogP contribution in [0.15, 0.2) is 24.3 Å². The molecule has 1 spiro atoms. The molecular weight excluding hydrogens is 428 g/mol. The molecule has 0 bridgehead atoms. The number of anilines is 1. The van der Waals surface area contributed by atoms with Crippen LogP contribution in [0.4, 0.5) is 10.5 Å². The number of urea groups is 1. The zero-order valence-electron chi connectivity index (χ0n) is 18.2. The van der Waals surface area contributed by atoms with Crippen molar-refractivity contribution in [1.29, 1.82) is 0 Å². The lowest BCUT2D eigenvalue weighted by atomic mass is 9.82. The van der Waals surface area contributed by atoms with Crippen LogP contribution in [0.1, 0.15) is 44.1 Å². The van der Waals surface area contributed by atoms with E-state index in [-0.39, 0.29) is 30.7 Å². The van der Waals surface area contributed by atoms with Crippen molar-refractivity contribution >= 4 is 41.2 Å². The highest BCUT2D eigenvalue weighted by atomic mass is 32.2. The molecule has 3 fully saturated rings. The van der Waals surface area contributed by atoms with Gasteiger partial charge in [0.05, 0.1) is 6.42 Å². The van der Waals surface area contributed by atoms with Gasteiger partial charge in [-0.1, -0.05) is 31.4 Å². The summed E-state index contributed by atoms with van der Waals surface area (Å²) in [5, 5.41) is 5.67. The highest BCUT2D eigenvalue weighted by Gasteiger charge is 2.51. The molecule has 5 amide bonds. The van der Waals surface area contributed by atoms with Crippen LogP contribution in [0, 0.1) is 0 Å².